The summed E-state index contributed by atoms with van der Waals surface area (Å²) in [4.78, 5) is 15.4. The number of fused-ring (bicyclic) bond motifs is 2. The molecule has 8 nitrogen and oxygen atoms in total. The fraction of sp³-hybridized carbons (Fsp3) is 0.385. The normalized spacial score (nSPS) is 20.8. The third-order valence-corrected chi connectivity index (χ3v) is 7.07. The highest BCUT2D eigenvalue weighted by Gasteiger charge is 2.47. The van der Waals surface area contributed by atoms with Crippen molar-refractivity contribution in [1.82, 2.24) is 9.78 Å². The van der Waals surface area contributed by atoms with Gasteiger partial charge in [0.2, 0.25) is 6.79 Å². The number of hydrogen-bond acceptors (Lipinski definition) is 6. The van der Waals surface area contributed by atoms with E-state index in [0.29, 0.717) is 22.7 Å². The van der Waals surface area contributed by atoms with E-state index < -0.39 is 24.2 Å². The molecule has 2 N–H and O–H groups in total. The summed E-state index contributed by atoms with van der Waals surface area (Å²) in [5.74, 6) is 0.620. The molecule has 194 valence electrons. The van der Waals surface area contributed by atoms with Crippen LogP contribution in [0.1, 0.15) is 53.8 Å². The van der Waals surface area contributed by atoms with E-state index >= 15 is 0 Å². The smallest absolute Gasteiger partial charge is 0.410 e. The van der Waals surface area contributed by atoms with Gasteiger partial charge >= 0.3 is 6.18 Å². The van der Waals surface area contributed by atoms with Crippen molar-refractivity contribution in [1.29, 1.82) is 0 Å². The summed E-state index contributed by atoms with van der Waals surface area (Å²) in [6, 6.07) is 11.4. The number of anilines is 3. The van der Waals surface area contributed by atoms with Crippen LogP contribution < -0.4 is 25.0 Å². The van der Waals surface area contributed by atoms with E-state index in [2.05, 4.69) is 20.6 Å². The van der Waals surface area contributed by atoms with Gasteiger partial charge in [-0.1, -0.05) is 18.2 Å². The molecule has 37 heavy (non-hydrogen) atoms. The second kappa shape index (κ2) is 9.20. The van der Waals surface area contributed by atoms with Crippen LogP contribution in [0.5, 0.6) is 11.5 Å². The Morgan fingerprint density at radius 3 is 2.62 bits per heavy atom. The molecule has 0 bridgehead atoms. The van der Waals surface area contributed by atoms with E-state index in [-0.39, 0.29) is 24.7 Å². The minimum atomic E-state index is -4.55. The van der Waals surface area contributed by atoms with E-state index in [1.807, 2.05) is 18.2 Å². The first-order valence-corrected chi connectivity index (χ1v) is 12.3. The number of carbonyl (C=O) groups excluding carboxylic acids is 1. The Morgan fingerprint density at radius 2 is 1.81 bits per heavy atom. The highest BCUT2D eigenvalue weighted by Crippen LogP contribution is 2.45. The third-order valence-electron chi connectivity index (χ3n) is 7.07. The number of nitrogens with zero attached hydrogens (tertiary/aromatic N) is 3. The Labute approximate surface area is 211 Å². The number of ether oxygens (including phenoxy) is 2. The molecule has 2 atom stereocenters. The van der Waals surface area contributed by atoms with Gasteiger partial charge in [0.1, 0.15) is 5.82 Å². The number of rotatable bonds is 4. The number of para-hydroxylation sites is 2. The zero-order chi connectivity index (χ0) is 25.6. The number of aromatic nitrogens is 2. The highest BCUT2D eigenvalue weighted by atomic mass is 19.4. The zero-order valence-corrected chi connectivity index (χ0v) is 19.9. The van der Waals surface area contributed by atoms with Crippen LogP contribution in [-0.2, 0) is 0 Å². The number of halogens is 3. The van der Waals surface area contributed by atoms with Gasteiger partial charge in [-0.15, -0.1) is 0 Å². The van der Waals surface area contributed by atoms with E-state index in [9.17, 15) is 18.0 Å². The maximum Gasteiger partial charge on any atom is 0.410 e. The van der Waals surface area contributed by atoms with E-state index in [4.69, 9.17) is 9.47 Å². The first kappa shape index (κ1) is 23.5. The third kappa shape index (κ3) is 4.54. The molecular weight excluding hydrogens is 487 g/mol. The molecule has 1 aromatic heterocycles. The summed E-state index contributed by atoms with van der Waals surface area (Å²) < 4.78 is 53.9. The summed E-state index contributed by atoms with van der Waals surface area (Å²) in [5, 5.41) is 10.1. The molecule has 1 saturated heterocycles. The number of alkyl halides is 3. The lowest BCUT2D eigenvalue weighted by Crippen LogP contribution is -2.35. The van der Waals surface area contributed by atoms with Crippen molar-refractivity contribution in [3.8, 4) is 11.5 Å². The Kier molecular flexibility index (Phi) is 5.85. The average molecular weight is 514 g/mol. The number of piperidine rings is 1. The number of benzene rings is 2. The van der Waals surface area contributed by atoms with Gasteiger partial charge < -0.3 is 25.0 Å². The van der Waals surface area contributed by atoms with Crippen LogP contribution in [0.15, 0.2) is 48.5 Å². The number of nitrogens with one attached hydrogen (secondary N) is 2. The molecule has 0 aliphatic carbocycles. The molecule has 6 rings (SSSR count). The molecule has 4 heterocycles. The van der Waals surface area contributed by atoms with Crippen LogP contribution >= 0.6 is 0 Å². The van der Waals surface area contributed by atoms with Gasteiger partial charge in [-0.25, -0.2) is 4.68 Å². The fourth-order valence-corrected chi connectivity index (χ4v) is 5.21. The minimum Gasteiger partial charge on any atom is -0.454 e. The fourth-order valence-electron chi connectivity index (χ4n) is 5.21. The lowest BCUT2D eigenvalue weighted by molar-refractivity contribution is -0.173. The van der Waals surface area contributed by atoms with Crippen molar-refractivity contribution >= 4 is 23.1 Å². The van der Waals surface area contributed by atoms with Crippen LogP contribution in [0.3, 0.4) is 0 Å². The Hall–Kier alpha value is -3.89. The molecule has 3 aliphatic rings. The molecule has 3 aromatic rings. The average Bonchev–Trinajstić information content (AvgIpc) is 3.55. The molecule has 2 unspecified atom stereocenters. The largest absolute Gasteiger partial charge is 0.454 e. The summed E-state index contributed by atoms with van der Waals surface area (Å²) in [7, 11) is 0. The van der Waals surface area contributed by atoms with Gasteiger partial charge in [0, 0.05) is 25.6 Å². The van der Waals surface area contributed by atoms with Crippen LogP contribution in [0, 0.1) is 0 Å². The number of hydrogen-bond donors (Lipinski definition) is 2. The first-order valence-electron chi connectivity index (χ1n) is 12.3. The monoisotopic (exact) mass is 513 g/mol. The maximum absolute atomic E-state index is 14.1. The zero-order valence-electron chi connectivity index (χ0n) is 19.9. The SMILES string of the molecule is O=C(Nc1ccccc1N1CCCCC1)c1cc2n(n1)C(C(F)(F)F)CC(c1ccc3c(c1)OCO3)N2. The first-order chi connectivity index (χ1) is 17.9. The molecule has 0 spiro atoms. The maximum atomic E-state index is 14.1. The van der Waals surface area contributed by atoms with Gasteiger partial charge in [-0.05, 0) is 49.1 Å². The van der Waals surface area contributed by atoms with Crippen LogP contribution in [0.4, 0.5) is 30.4 Å². The lowest BCUT2D eigenvalue weighted by atomic mass is 9.96. The van der Waals surface area contributed by atoms with E-state index in [0.717, 1.165) is 36.3 Å². The summed E-state index contributed by atoms with van der Waals surface area (Å²) in [5.41, 5.74) is 2.05. The lowest BCUT2D eigenvalue weighted by Gasteiger charge is -2.33. The molecule has 1 amide bonds. The summed E-state index contributed by atoms with van der Waals surface area (Å²) in [6.07, 6.45) is -1.51. The molecular formula is C26H26F3N5O3. The topological polar surface area (TPSA) is 80.7 Å². The predicted molar refractivity (Wildman–Crippen MR) is 131 cm³/mol. The highest BCUT2D eigenvalue weighted by molar-refractivity contribution is 6.05. The van der Waals surface area contributed by atoms with Gasteiger partial charge in [-0.2, -0.15) is 18.3 Å². The molecule has 11 heteroatoms. The number of carbonyl (C=O) groups is 1. The van der Waals surface area contributed by atoms with E-state index in [1.165, 1.54) is 12.5 Å². The van der Waals surface area contributed by atoms with Crippen molar-refractivity contribution in [3.05, 3.63) is 59.8 Å². The standard InChI is InChI=1S/C26H26F3N5O3/c27-26(28,29)23-13-18(16-8-9-21-22(12-16)37-15-36-21)30-24-14-19(32-34(23)24)25(35)31-17-6-2-3-7-20(17)33-10-4-1-5-11-33/h2-3,6-9,12,14,18,23,30H,1,4-5,10-11,13,15H2,(H,31,35). The van der Waals surface area contributed by atoms with Crippen molar-refractivity contribution in [2.75, 3.05) is 35.4 Å². The van der Waals surface area contributed by atoms with Crippen molar-refractivity contribution in [3.63, 3.8) is 0 Å². The Balaban J connectivity index is 1.27. The van der Waals surface area contributed by atoms with Gasteiger partial charge in [0.15, 0.2) is 23.2 Å². The minimum absolute atomic E-state index is 0.0776. The second-order valence-electron chi connectivity index (χ2n) is 9.48. The molecule has 3 aliphatic heterocycles. The number of amides is 1. The molecule has 0 radical (unpaired) electrons. The van der Waals surface area contributed by atoms with Crippen LogP contribution in [-0.4, -0.2) is 41.7 Å². The summed E-state index contributed by atoms with van der Waals surface area (Å²) >= 11 is 0. The second-order valence-corrected chi connectivity index (χ2v) is 9.48. The van der Waals surface area contributed by atoms with Gasteiger partial charge in [0.05, 0.1) is 17.4 Å². The van der Waals surface area contributed by atoms with Crippen LogP contribution in [0.25, 0.3) is 0 Å². The van der Waals surface area contributed by atoms with Crippen molar-refractivity contribution in [2.24, 2.45) is 0 Å². The Bertz CT molecular complexity index is 1320. The summed E-state index contributed by atoms with van der Waals surface area (Å²) in [6.45, 7) is 1.86. The van der Waals surface area contributed by atoms with Crippen LogP contribution in [0.2, 0.25) is 0 Å². The van der Waals surface area contributed by atoms with E-state index in [1.54, 1.807) is 24.3 Å². The van der Waals surface area contributed by atoms with Gasteiger partial charge in [0.25, 0.3) is 5.91 Å². The quantitative estimate of drug-likeness (QED) is 0.479. The molecule has 1 fully saturated rings. The predicted octanol–water partition coefficient (Wildman–Crippen LogP) is 5.51. The van der Waals surface area contributed by atoms with Crippen molar-refractivity contribution < 1.29 is 27.4 Å². The van der Waals surface area contributed by atoms with Crippen molar-refractivity contribution in [2.45, 2.75) is 43.9 Å². The molecule has 2 aromatic carbocycles. The van der Waals surface area contributed by atoms with Gasteiger partial charge in [-0.3, -0.25) is 4.79 Å². The molecule has 0 saturated carbocycles. The Morgan fingerprint density at radius 1 is 1.03 bits per heavy atom.